The van der Waals surface area contributed by atoms with Gasteiger partial charge < -0.3 is 5.32 Å². The molecule has 2 N–H and O–H groups in total. The van der Waals surface area contributed by atoms with E-state index < -0.39 is 15.8 Å². The minimum Gasteiger partial charge on any atom is -0.316 e. The molecule has 0 aliphatic carbocycles. The van der Waals surface area contributed by atoms with Crippen LogP contribution in [-0.2, 0) is 16.6 Å². The van der Waals surface area contributed by atoms with Gasteiger partial charge in [-0.3, -0.25) is 0 Å². The molecule has 0 spiro atoms. The molecule has 0 aliphatic heterocycles. The van der Waals surface area contributed by atoms with Crippen LogP contribution < -0.4 is 10.0 Å². The summed E-state index contributed by atoms with van der Waals surface area (Å²) in [6.07, 6.45) is 1.87. The molecule has 8 heteroatoms. The number of halogens is 2. The van der Waals surface area contributed by atoms with Gasteiger partial charge >= 0.3 is 0 Å². The maximum absolute atomic E-state index is 14.2. The van der Waals surface area contributed by atoms with Gasteiger partial charge in [0.2, 0.25) is 10.0 Å². The average Bonchev–Trinajstić information content (AvgIpc) is 2.33. The van der Waals surface area contributed by atoms with Crippen LogP contribution in [-0.4, -0.2) is 34.0 Å². The first kappa shape index (κ1) is 16.9. The normalized spacial score (nSPS) is 11.8. The van der Waals surface area contributed by atoms with Crippen molar-refractivity contribution < 1.29 is 12.8 Å². The molecular weight excluding hydrogens is 355 g/mol. The minimum absolute atomic E-state index is 0.263. The summed E-state index contributed by atoms with van der Waals surface area (Å²) in [6.45, 7) is 0.537. The highest BCUT2D eigenvalue weighted by Crippen LogP contribution is 2.24. The lowest BCUT2D eigenvalue weighted by Gasteiger charge is -2.11. The standard InChI is InChI=1S/C11H16BrFN2O2S2/c1-14-7-8-5-9(12)6-10(11(8)13)19(16,17)15-3-4-18-2/h5-6,14-15H,3-4,7H2,1-2H3. The Bertz CT molecular complexity index is 538. The third kappa shape index (κ3) is 4.71. The highest BCUT2D eigenvalue weighted by Gasteiger charge is 2.21. The summed E-state index contributed by atoms with van der Waals surface area (Å²) in [5.41, 5.74) is 0.308. The first-order valence-electron chi connectivity index (χ1n) is 5.53. The van der Waals surface area contributed by atoms with Gasteiger partial charge in [-0.15, -0.1) is 0 Å². The molecule has 0 saturated carbocycles. The van der Waals surface area contributed by atoms with Crippen molar-refractivity contribution in [3.8, 4) is 0 Å². The number of sulfonamides is 1. The fourth-order valence-electron chi connectivity index (χ4n) is 1.49. The van der Waals surface area contributed by atoms with Crippen LogP contribution in [0.1, 0.15) is 5.56 Å². The van der Waals surface area contributed by atoms with E-state index >= 15 is 0 Å². The summed E-state index contributed by atoms with van der Waals surface area (Å²) < 4.78 is 41.1. The van der Waals surface area contributed by atoms with Crippen LogP contribution in [0.15, 0.2) is 21.5 Å². The predicted molar refractivity (Wildman–Crippen MR) is 80.4 cm³/mol. The number of benzene rings is 1. The Morgan fingerprint density at radius 1 is 1.42 bits per heavy atom. The van der Waals surface area contributed by atoms with Gasteiger partial charge in [-0.05, 0) is 25.4 Å². The van der Waals surface area contributed by atoms with Gasteiger partial charge in [0.25, 0.3) is 0 Å². The van der Waals surface area contributed by atoms with Gasteiger partial charge in [0.05, 0.1) is 0 Å². The lowest BCUT2D eigenvalue weighted by atomic mass is 10.2. The van der Waals surface area contributed by atoms with E-state index in [0.717, 1.165) is 0 Å². The lowest BCUT2D eigenvalue weighted by Crippen LogP contribution is -2.27. The molecule has 0 fully saturated rings. The molecule has 1 rings (SSSR count). The van der Waals surface area contributed by atoms with Gasteiger partial charge in [0.15, 0.2) is 0 Å². The second kappa shape index (κ2) is 7.58. The molecule has 19 heavy (non-hydrogen) atoms. The molecule has 0 radical (unpaired) electrons. The maximum Gasteiger partial charge on any atom is 0.243 e. The Morgan fingerprint density at radius 3 is 2.68 bits per heavy atom. The predicted octanol–water partition coefficient (Wildman–Crippen LogP) is 1.95. The third-order valence-electron chi connectivity index (χ3n) is 2.33. The lowest BCUT2D eigenvalue weighted by molar-refractivity contribution is 0.547. The SMILES string of the molecule is CNCc1cc(Br)cc(S(=O)(=O)NCCSC)c1F. The van der Waals surface area contributed by atoms with Gasteiger partial charge in [-0.1, -0.05) is 15.9 Å². The van der Waals surface area contributed by atoms with Gasteiger partial charge in [-0.25, -0.2) is 17.5 Å². The zero-order chi connectivity index (χ0) is 14.5. The Kier molecular flexibility index (Phi) is 6.75. The van der Waals surface area contributed by atoms with Crippen LogP contribution in [0.4, 0.5) is 4.39 Å². The Labute approximate surface area is 125 Å². The van der Waals surface area contributed by atoms with Crippen molar-refractivity contribution >= 4 is 37.7 Å². The van der Waals surface area contributed by atoms with Crippen molar-refractivity contribution in [2.75, 3.05) is 25.6 Å². The fraction of sp³-hybridized carbons (Fsp3) is 0.455. The zero-order valence-corrected chi connectivity index (χ0v) is 13.9. The minimum atomic E-state index is -3.82. The first-order chi connectivity index (χ1) is 8.92. The number of rotatable bonds is 7. The highest BCUT2D eigenvalue weighted by atomic mass is 79.9. The highest BCUT2D eigenvalue weighted by molar-refractivity contribution is 9.10. The maximum atomic E-state index is 14.2. The van der Waals surface area contributed by atoms with Crippen LogP contribution >= 0.6 is 27.7 Å². The molecule has 1 aromatic rings. The molecule has 0 aromatic heterocycles. The van der Waals surface area contributed by atoms with Crippen LogP contribution in [0.25, 0.3) is 0 Å². The molecule has 0 bridgehead atoms. The van der Waals surface area contributed by atoms with E-state index in [4.69, 9.17) is 0 Å². The zero-order valence-electron chi connectivity index (χ0n) is 10.7. The van der Waals surface area contributed by atoms with Gasteiger partial charge in [-0.2, -0.15) is 11.8 Å². The number of hydrogen-bond donors (Lipinski definition) is 2. The van der Waals surface area contributed by atoms with Crippen molar-refractivity contribution in [2.24, 2.45) is 0 Å². The van der Waals surface area contributed by atoms with Crippen molar-refractivity contribution in [3.63, 3.8) is 0 Å². The summed E-state index contributed by atoms with van der Waals surface area (Å²) in [5, 5.41) is 2.80. The van der Waals surface area contributed by atoms with E-state index in [9.17, 15) is 12.8 Å². The summed E-state index contributed by atoms with van der Waals surface area (Å²) >= 11 is 4.72. The number of nitrogens with one attached hydrogen (secondary N) is 2. The van der Waals surface area contributed by atoms with Gasteiger partial charge in [0, 0.05) is 28.9 Å². The second-order valence-corrected chi connectivity index (χ2v) is 7.43. The fourth-order valence-corrected chi connectivity index (χ4v) is 3.76. The van der Waals surface area contributed by atoms with Crippen molar-refractivity contribution in [2.45, 2.75) is 11.4 Å². The van der Waals surface area contributed by atoms with Crippen LogP contribution in [0, 0.1) is 5.82 Å². The monoisotopic (exact) mass is 370 g/mol. The Morgan fingerprint density at radius 2 is 2.11 bits per heavy atom. The van der Waals surface area contributed by atoms with Gasteiger partial charge in [0.1, 0.15) is 10.7 Å². The molecule has 0 amide bonds. The molecule has 0 atom stereocenters. The topological polar surface area (TPSA) is 58.2 Å². The quantitative estimate of drug-likeness (QED) is 0.720. The molecule has 0 unspecified atom stereocenters. The average molecular weight is 371 g/mol. The van der Waals surface area contributed by atoms with Crippen LogP contribution in [0.3, 0.4) is 0 Å². The summed E-state index contributed by atoms with van der Waals surface area (Å²) in [7, 11) is -2.15. The molecule has 0 saturated heterocycles. The smallest absolute Gasteiger partial charge is 0.243 e. The van der Waals surface area contributed by atoms with E-state index in [1.165, 1.54) is 17.8 Å². The molecular formula is C11H16BrFN2O2S2. The molecule has 4 nitrogen and oxygen atoms in total. The summed E-state index contributed by atoms with van der Waals surface area (Å²) in [5.74, 6) is -0.0766. The first-order valence-corrected chi connectivity index (χ1v) is 9.20. The Balaban J connectivity index is 3.11. The molecule has 1 aromatic carbocycles. The van der Waals surface area contributed by atoms with Crippen molar-refractivity contribution in [3.05, 3.63) is 28.0 Å². The van der Waals surface area contributed by atoms with E-state index in [-0.39, 0.29) is 18.0 Å². The van der Waals surface area contributed by atoms with Crippen LogP contribution in [0.5, 0.6) is 0 Å². The van der Waals surface area contributed by atoms with Crippen molar-refractivity contribution in [1.29, 1.82) is 0 Å². The van der Waals surface area contributed by atoms with E-state index in [2.05, 4.69) is 26.0 Å². The Hall–Kier alpha value is -0.150. The number of hydrogen-bond acceptors (Lipinski definition) is 4. The summed E-state index contributed by atoms with van der Waals surface area (Å²) in [6, 6.07) is 2.84. The van der Waals surface area contributed by atoms with Crippen molar-refractivity contribution in [1.82, 2.24) is 10.0 Å². The third-order valence-corrected chi connectivity index (χ3v) is 4.86. The second-order valence-electron chi connectivity index (χ2n) is 3.80. The molecule has 0 aliphatic rings. The van der Waals surface area contributed by atoms with Crippen LogP contribution in [0.2, 0.25) is 0 Å². The van der Waals surface area contributed by atoms with E-state index in [1.54, 1.807) is 13.1 Å². The molecule has 0 heterocycles. The summed E-state index contributed by atoms with van der Waals surface area (Å²) in [4.78, 5) is -0.326. The number of thioether (sulfide) groups is 1. The molecule has 108 valence electrons. The van der Waals surface area contributed by atoms with E-state index in [0.29, 0.717) is 15.8 Å². The van der Waals surface area contributed by atoms with E-state index in [1.807, 2.05) is 6.26 Å². The largest absolute Gasteiger partial charge is 0.316 e.